The minimum Gasteiger partial charge on any atom is -0.491 e. The summed E-state index contributed by atoms with van der Waals surface area (Å²) in [4.78, 5) is 4.38. The lowest BCUT2D eigenvalue weighted by Gasteiger charge is -2.11. The first-order valence-electron chi connectivity index (χ1n) is 9.32. The molecule has 1 heterocycles. The van der Waals surface area contributed by atoms with Crippen molar-refractivity contribution in [1.29, 1.82) is 0 Å². The summed E-state index contributed by atoms with van der Waals surface area (Å²) >= 11 is 3.53. The third-order valence-corrected chi connectivity index (χ3v) is 4.51. The average molecular weight is 445 g/mol. The number of halogens is 1. The number of rotatable bonds is 8. The van der Waals surface area contributed by atoms with E-state index in [4.69, 9.17) is 13.9 Å². The maximum absolute atomic E-state index is 5.93. The van der Waals surface area contributed by atoms with Gasteiger partial charge >= 0.3 is 0 Å². The molecule has 0 bridgehead atoms. The van der Waals surface area contributed by atoms with Gasteiger partial charge in [-0.2, -0.15) is 0 Å². The Morgan fingerprint density at radius 2 is 2.00 bits per heavy atom. The molecule has 0 radical (unpaired) electrons. The van der Waals surface area contributed by atoms with Gasteiger partial charge in [-0.3, -0.25) is 0 Å². The molecule has 0 atom stereocenters. The molecule has 1 N–H and O–H groups in total. The lowest BCUT2D eigenvalue weighted by Crippen LogP contribution is -2.05. The van der Waals surface area contributed by atoms with Crippen LogP contribution in [0.3, 0.4) is 0 Å². The highest BCUT2D eigenvalue weighted by atomic mass is 79.9. The maximum Gasteiger partial charge on any atom is 0.299 e. The van der Waals surface area contributed by atoms with Crippen LogP contribution in [0.5, 0.6) is 5.75 Å². The summed E-state index contributed by atoms with van der Waals surface area (Å²) in [6, 6.07) is 12.5. The Kier molecular flexibility index (Phi) is 6.75. The van der Waals surface area contributed by atoms with Gasteiger partial charge in [0.05, 0.1) is 18.9 Å². The van der Waals surface area contributed by atoms with Gasteiger partial charge in [0, 0.05) is 22.3 Å². The molecule has 5 nitrogen and oxygen atoms in total. The molecule has 0 aliphatic heterocycles. The molecule has 0 fully saturated rings. The molecule has 0 aliphatic carbocycles. The molecule has 0 aliphatic rings. The normalized spacial score (nSPS) is 11.1. The zero-order valence-corrected chi connectivity index (χ0v) is 18.2. The third kappa shape index (κ3) is 5.36. The van der Waals surface area contributed by atoms with E-state index >= 15 is 0 Å². The van der Waals surface area contributed by atoms with Crippen LogP contribution in [0.2, 0.25) is 0 Å². The molecule has 0 unspecified atom stereocenters. The summed E-state index contributed by atoms with van der Waals surface area (Å²) < 4.78 is 18.2. The molecule has 1 aromatic heterocycles. The topological polar surface area (TPSA) is 56.5 Å². The van der Waals surface area contributed by atoms with Crippen molar-refractivity contribution in [2.45, 2.75) is 40.4 Å². The summed E-state index contributed by atoms with van der Waals surface area (Å²) in [5, 5.41) is 3.26. The van der Waals surface area contributed by atoms with Crippen LogP contribution in [0.1, 0.15) is 31.9 Å². The number of benzene rings is 2. The van der Waals surface area contributed by atoms with E-state index in [1.54, 1.807) is 6.20 Å². The van der Waals surface area contributed by atoms with Crippen LogP contribution in [-0.4, -0.2) is 17.7 Å². The molecule has 28 heavy (non-hydrogen) atoms. The number of aromatic nitrogens is 1. The van der Waals surface area contributed by atoms with E-state index in [-0.39, 0.29) is 6.10 Å². The van der Waals surface area contributed by atoms with Gasteiger partial charge in [0.25, 0.3) is 6.01 Å². The largest absolute Gasteiger partial charge is 0.491 e. The highest BCUT2D eigenvalue weighted by Gasteiger charge is 2.11. The van der Waals surface area contributed by atoms with Gasteiger partial charge in [-0.25, -0.2) is 4.98 Å². The van der Waals surface area contributed by atoms with Crippen molar-refractivity contribution in [3.8, 4) is 17.1 Å². The molecule has 0 spiro atoms. The van der Waals surface area contributed by atoms with E-state index < -0.39 is 0 Å². The predicted octanol–water partition coefficient (Wildman–Crippen LogP) is 6.48. The third-order valence-electron chi connectivity index (χ3n) is 4.05. The van der Waals surface area contributed by atoms with E-state index in [0.29, 0.717) is 25.0 Å². The zero-order valence-electron chi connectivity index (χ0n) is 16.6. The van der Waals surface area contributed by atoms with Crippen molar-refractivity contribution in [1.82, 2.24) is 4.98 Å². The Morgan fingerprint density at radius 3 is 2.75 bits per heavy atom. The smallest absolute Gasteiger partial charge is 0.299 e. The van der Waals surface area contributed by atoms with Crippen molar-refractivity contribution < 1.29 is 13.9 Å². The minimum absolute atomic E-state index is 0.0982. The summed E-state index contributed by atoms with van der Waals surface area (Å²) in [6.07, 6.45) is 1.81. The number of ether oxygens (including phenoxy) is 2. The Bertz CT molecular complexity index is 937. The van der Waals surface area contributed by atoms with E-state index in [1.165, 1.54) is 0 Å². The molecule has 6 heteroatoms. The van der Waals surface area contributed by atoms with Crippen LogP contribution in [-0.2, 0) is 11.3 Å². The van der Waals surface area contributed by atoms with Crippen LogP contribution in [0.25, 0.3) is 11.3 Å². The van der Waals surface area contributed by atoms with Crippen LogP contribution < -0.4 is 10.1 Å². The number of oxazole rings is 1. The SMILES string of the molecule is CCOCc1ccc(C)c(Nc2ncc(-c3cc(Br)cc(OC(C)C)c3)o2)c1. The van der Waals surface area contributed by atoms with Gasteiger partial charge in [0.15, 0.2) is 5.76 Å². The number of anilines is 2. The van der Waals surface area contributed by atoms with Crippen molar-refractivity contribution >= 4 is 27.6 Å². The fourth-order valence-corrected chi connectivity index (χ4v) is 3.21. The summed E-state index contributed by atoms with van der Waals surface area (Å²) in [6.45, 7) is 9.30. The lowest BCUT2D eigenvalue weighted by atomic mass is 10.1. The van der Waals surface area contributed by atoms with Crippen molar-refractivity contribution in [2.24, 2.45) is 0 Å². The number of hydrogen-bond acceptors (Lipinski definition) is 5. The molecule has 148 valence electrons. The van der Waals surface area contributed by atoms with Crippen molar-refractivity contribution in [2.75, 3.05) is 11.9 Å². The van der Waals surface area contributed by atoms with Crippen molar-refractivity contribution in [3.63, 3.8) is 0 Å². The number of nitrogens with one attached hydrogen (secondary N) is 1. The molecule has 2 aromatic carbocycles. The van der Waals surface area contributed by atoms with Gasteiger partial charge in [-0.05, 0) is 63.1 Å². The molecular weight excluding hydrogens is 420 g/mol. The molecule has 3 rings (SSSR count). The molecule has 0 saturated carbocycles. The molecule has 0 amide bonds. The zero-order chi connectivity index (χ0) is 20.1. The van der Waals surface area contributed by atoms with Gasteiger partial charge in [0.1, 0.15) is 5.75 Å². The Morgan fingerprint density at radius 1 is 1.18 bits per heavy atom. The Balaban J connectivity index is 1.80. The van der Waals surface area contributed by atoms with Crippen LogP contribution >= 0.6 is 15.9 Å². The lowest BCUT2D eigenvalue weighted by molar-refractivity contribution is 0.134. The Hall–Kier alpha value is -2.31. The summed E-state index contributed by atoms with van der Waals surface area (Å²) in [7, 11) is 0. The second kappa shape index (κ2) is 9.26. The van der Waals surface area contributed by atoms with Crippen molar-refractivity contribution in [3.05, 3.63) is 58.2 Å². The number of aryl methyl sites for hydroxylation is 1. The van der Waals surface area contributed by atoms with E-state index in [1.807, 2.05) is 45.9 Å². The first-order valence-corrected chi connectivity index (χ1v) is 10.1. The van der Waals surface area contributed by atoms with Crippen LogP contribution in [0.15, 0.2) is 51.5 Å². The summed E-state index contributed by atoms with van der Waals surface area (Å²) in [5.41, 5.74) is 4.05. The summed E-state index contributed by atoms with van der Waals surface area (Å²) in [5.74, 6) is 1.45. The number of nitrogens with zero attached hydrogens (tertiary/aromatic N) is 1. The van der Waals surface area contributed by atoms with Crippen LogP contribution in [0.4, 0.5) is 11.7 Å². The van der Waals surface area contributed by atoms with Gasteiger partial charge < -0.3 is 19.2 Å². The minimum atomic E-state index is 0.0982. The second-order valence-electron chi connectivity index (χ2n) is 6.78. The Labute approximate surface area is 174 Å². The molecule has 0 saturated heterocycles. The monoisotopic (exact) mass is 444 g/mol. The van der Waals surface area contributed by atoms with E-state index in [2.05, 4.69) is 44.4 Å². The van der Waals surface area contributed by atoms with Crippen LogP contribution in [0, 0.1) is 6.92 Å². The predicted molar refractivity (Wildman–Crippen MR) is 115 cm³/mol. The quantitative estimate of drug-likeness (QED) is 0.430. The standard InChI is InChI=1S/C22H25BrN2O3/c1-5-26-13-16-7-6-15(4)20(8-16)25-22-24-12-21(28-22)17-9-18(23)11-19(10-17)27-14(2)3/h6-12,14H,5,13H2,1-4H3,(H,24,25). The first kappa shape index (κ1) is 20.4. The fraction of sp³-hybridized carbons (Fsp3) is 0.318. The highest BCUT2D eigenvalue weighted by molar-refractivity contribution is 9.10. The van der Waals surface area contributed by atoms with Gasteiger partial charge in [-0.1, -0.05) is 28.1 Å². The van der Waals surface area contributed by atoms with E-state index in [0.717, 1.165) is 32.6 Å². The van der Waals surface area contributed by atoms with E-state index in [9.17, 15) is 0 Å². The van der Waals surface area contributed by atoms with Gasteiger partial charge in [0.2, 0.25) is 0 Å². The van der Waals surface area contributed by atoms with Gasteiger partial charge in [-0.15, -0.1) is 0 Å². The number of hydrogen-bond donors (Lipinski definition) is 1. The molecular formula is C22H25BrN2O3. The average Bonchev–Trinajstić information content (AvgIpc) is 3.10. The fourth-order valence-electron chi connectivity index (χ4n) is 2.74. The maximum atomic E-state index is 5.93. The molecule has 3 aromatic rings. The first-order chi connectivity index (χ1) is 13.4. The highest BCUT2D eigenvalue weighted by Crippen LogP contribution is 2.31. The second-order valence-corrected chi connectivity index (χ2v) is 7.70.